The third kappa shape index (κ3) is 5.19. The Balaban J connectivity index is 1.98. The Labute approximate surface area is 192 Å². The Bertz CT molecular complexity index is 896. The second-order valence-corrected chi connectivity index (χ2v) is 13.5. The molecular weight excluding hydrogens is 416 g/mol. The summed E-state index contributed by atoms with van der Waals surface area (Å²) in [4.78, 5) is 0. The first-order chi connectivity index (χ1) is 15.4. The summed E-state index contributed by atoms with van der Waals surface area (Å²) in [5.41, 5.74) is -0.229. The van der Waals surface area contributed by atoms with Crippen LogP contribution in [0.25, 0.3) is 0 Å². The summed E-state index contributed by atoms with van der Waals surface area (Å²) < 4.78 is 13.0. The summed E-state index contributed by atoms with van der Waals surface area (Å²) in [6, 6.07) is 30.4. The molecule has 0 aliphatic carbocycles. The third-order valence-corrected chi connectivity index (χ3v) is 10.9. The molecule has 0 aliphatic rings. The minimum atomic E-state index is -2.80. The monoisotopic (exact) mass is 450 g/mol. The van der Waals surface area contributed by atoms with Crippen LogP contribution in [-0.2, 0) is 15.8 Å². The van der Waals surface area contributed by atoms with Gasteiger partial charge in [0, 0.05) is 0 Å². The average Bonchev–Trinajstić information content (AvgIpc) is 2.83. The Hall–Kier alpha value is -2.28. The van der Waals surface area contributed by atoms with Gasteiger partial charge in [-0.15, -0.1) is 0 Å². The van der Waals surface area contributed by atoms with E-state index in [4.69, 9.17) is 9.16 Å². The van der Waals surface area contributed by atoms with Gasteiger partial charge in [-0.2, -0.15) is 0 Å². The van der Waals surface area contributed by atoms with Crippen LogP contribution >= 0.6 is 0 Å². The van der Waals surface area contributed by atoms with Crippen molar-refractivity contribution in [1.29, 1.82) is 0 Å². The molecule has 3 aromatic rings. The van der Waals surface area contributed by atoms with Crippen molar-refractivity contribution in [2.45, 2.75) is 38.0 Å². The Morgan fingerprint density at radius 2 is 1.12 bits per heavy atom. The highest BCUT2D eigenvalue weighted by atomic mass is 28.4. The predicted molar refractivity (Wildman–Crippen MR) is 132 cm³/mol. The zero-order chi connectivity index (χ0) is 23.1. The molecule has 0 aromatic heterocycles. The molecule has 3 rings (SSSR count). The highest BCUT2D eigenvalue weighted by molar-refractivity contribution is 6.99. The maximum Gasteiger partial charge on any atom is 0.261 e. The van der Waals surface area contributed by atoms with E-state index in [2.05, 4.69) is 45.0 Å². The van der Waals surface area contributed by atoms with E-state index in [1.165, 1.54) is 0 Å². The van der Waals surface area contributed by atoms with Crippen LogP contribution in [0, 0.1) is 0 Å². The summed E-state index contributed by atoms with van der Waals surface area (Å²) in [7, 11) is -2.80. The number of ether oxygens (including phenoxy) is 1. The van der Waals surface area contributed by atoms with Crippen LogP contribution < -0.4 is 10.4 Å². The standard InChI is InChI=1S/C27H34O4Si/c1-26(2,3)32(24-15-9-5-10-16-24,25-17-11-6-12-18-25)31-22-27(20-28,21-29)30-19-23-13-7-4-8-14-23/h4-18,28-29H,19-22H2,1-3H3. The van der Waals surface area contributed by atoms with E-state index in [0.717, 1.165) is 15.9 Å². The molecule has 4 nitrogen and oxygen atoms in total. The molecule has 0 spiro atoms. The van der Waals surface area contributed by atoms with Crippen molar-refractivity contribution in [1.82, 2.24) is 0 Å². The lowest BCUT2D eigenvalue weighted by atomic mass is 10.1. The first-order valence-electron chi connectivity index (χ1n) is 11.0. The molecule has 0 heterocycles. The first-order valence-corrected chi connectivity index (χ1v) is 12.9. The molecule has 0 unspecified atom stereocenters. The molecule has 0 aliphatic heterocycles. The van der Waals surface area contributed by atoms with Crippen LogP contribution in [0.15, 0.2) is 91.0 Å². The number of rotatable bonds is 10. The highest BCUT2D eigenvalue weighted by Gasteiger charge is 2.51. The number of aliphatic hydroxyl groups excluding tert-OH is 2. The maximum atomic E-state index is 10.2. The third-order valence-electron chi connectivity index (χ3n) is 5.93. The highest BCUT2D eigenvalue weighted by Crippen LogP contribution is 2.37. The molecule has 3 aromatic carbocycles. The van der Waals surface area contributed by atoms with Gasteiger partial charge in [0.1, 0.15) is 5.60 Å². The average molecular weight is 451 g/mol. The van der Waals surface area contributed by atoms with Crippen molar-refractivity contribution in [3.8, 4) is 0 Å². The molecule has 5 heteroatoms. The van der Waals surface area contributed by atoms with Crippen molar-refractivity contribution in [2.24, 2.45) is 0 Å². The topological polar surface area (TPSA) is 58.9 Å². The molecule has 0 fully saturated rings. The van der Waals surface area contributed by atoms with Crippen molar-refractivity contribution < 1.29 is 19.4 Å². The second kappa shape index (κ2) is 10.6. The van der Waals surface area contributed by atoms with Gasteiger partial charge in [-0.25, -0.2) is 0 Å². The van der Waals surface area contributed by atoms with Crippen LogP contribution in [0.5, 0.6) is 0 Å². The van der Waals surface area contributed by atoms with Gasteiger partial charge in [-0.05, 0) is 21.0 Å². The predicted octanol–water partition coefficient (Wildman–Crippen LogP) is 3.50. The lowest BCUT2D eigenvalue weighted by Crippen LogP contribution is -2.68. The zero-order valence-corrected chi connectivity index (χ0v) is 20.2. The smallest absolute Gasteiger partial charge is 0.261 e. The van der Waals surface area contributed by atoms with Crippen molar-refractivity contribution in [3.05, 3.63) is 96.6 Å². The fraction of sp³-hybridized carbons (Fsp3) is 0.333. The van der Waals surface area contributed by atoms with Gasteiger partial charge < -0.3 is 19.4 Å². The quantitative estimate of drug-likeness (QED) is 0.464. The van der Waals surface area contributed by atoms with Gasteiger partial charge in [-0.3, -0.25) is 0 Å². The fourth-order valence-electron chi connectivity index (χ4n) is 4.09. The van der Waals surface area contributed by atoms with Gasteiger partial charge in [0.15, 0.2) is 0 Å². The largest absolute Gasteiger partial charge is 0.404 e. The van der Waals surface area contributed by atoms with Crippen molar-refractivity contribution in [3.63, 3.8) is 0 Å². The Kier molecular flexibility index (Phi) is 8.04. The van der Waals surface area contributed by atoms with E-state index in [9.17, 15) is 10.2 Å². The molecule has 0 saturated heterocycles. The van der Waals surface area contributed by atoms with Crippen LogP contribution in [-0.4, -0.2) is 44.0 Å². The van der Waals surface area contributed by atoms with E-state index in [-0.39, 0.29) is 31.5 Å². The van der Waals surface area contributed by atoms with Crippen LogP contribution in [0.3, 0.4) is 0 Å². The minimum Gasteiger partial charge on any atom is -0.404 e. The second-order valence-electron chi connectivity index (χ2n) is 9.23. The molecule has 0 bridgehead atoms. The van der Waals surface area contributed by atoms with Gasteiger partial charge in [-0.1, -0.05) is 112 Å². The minimum absolute atomic E-state index is 0.0834. The molecule has 0 amide bonds. The summed E-state index contributed by atoms with van der Waals surface area (Å²) in [5, 5.41) is 22.6. The zero-order valence-electron chi connectivity index (χ0n) is 19.2. The van der Waals surface area contributed by atoms with E-state index < -0.39 is 13.9 Å². The molecule has 0 atom stereocenters. The van der Waals surface area contributed by atoms with Crippen LogP contribution in [0.4, 0.5) is 0 Å². The number of hydrogen-bond donors (Lipinski definition) is 2. The van der Waals surface area contributed by atoms with Crippen molar-refractivity contribution in [2.75, 3.05) is 19.8 Å². The van der Waals surface area contributed by atoms with Gasteiger partial charge in [0.2, 0.25) is 0 Å². The van der Waals surface area contributed by atoms with Crippen molar-refractivity contribution >= 4 is 18.7 Å². The summed E-state index contributed by atoms with van der Waals surface area (Å²) in [6.07, 6.45) is 0. The van der Waals surface area contributed by atoms with Gasteiger partial charge >= 0.3 is 0 Å². The van der Waals surface area contributed by atoms with Gasteiger partial charge in [0.25, 0.3) is 8.32 Å². The van der Waals surface area contributed by atoms with E-state index >= 15 is 0 Å². The fourth-order valence-corrected chi connectivity index (χ4v) is 8.72. The van der Waals surface area contributed by atoms with E-state index in [1.807, 2.05) is 66.7 Å². The SMILES string of the molecule is CC(C)(C)[Si](OCC(CO)(CO)OCc1ccccc1)(c1ccccc1)c1ccccc1. The molecule has 2 N–H and O–H groups in total. The summed E-state index contributed by atoms with van der Waals surface area (Å²) >= 11 is 0. The maximum absolute atomic E-state index is 10.2. The number of hydrogen-bond acceptors (Lipinski definition) is 4. The summed E-state index contributed by atoms with van der Waals surface area (Å²) in [5.74, 6) is 0. The molecular formula is C27H34O4Si. The van der Waals surface area contributed by atoms with Crippen LogP contribution in [0.1, 0.15) is 26.3 Å². The normalized spacial score (nSPS) is 12.7. The lowest BCUT2D eigenvalue weighted by molar-refractivity contribution is -0.137. The number of aliphatic hydroxyl groups is 2. The lowest BCUT2D eigenvalue weighted by Gasteiger charge is -2.45. The molecule has 170 valence electrons. The molecule has 0 radical (unpaired) electrons. The molecule has 0 saturated carbocycles. The van der Waals surface area contributed by atoms with E-state index in [0.29, 0.717) is 0 Å². The first kappa shape index (κ1) is 24.4. The Morgan fingerprint density at radius 3 is 1.53 bits per heavy atom. The van der Waals surface area contributed by atoms with E-state index in [1.54, 1.807) is 0 Å². The Morgan fingerprint density at radius 1 is 0.688 bits per heavy atom. The number of benzene rings is 3. The van der Waals surface area contributed by atoms with Crippen LogP contribution in [0.2, 0.25) is 5.04 Å². The molecule has 32 heavy (non-hydrogen) atoms. The van der Waals surface area contributed by atoms with Gasteiger partial charge in [0.05, 0.1) is 26.4 Å². The summed E-state index contributed by atoms with van der Waals surface area (Å²) in [6.45, 7) is 6.28.